The third-order valence-corrected chi connectivity index (χ3v) is 2.97. The Kier molecular flexibility index (Phi) is 2.02. The molecule has 3 nitrogen and oxygen atoms in total. The standard InChI is InChI=1S/C11H19NO2/c1-7-5-8-6-9(8)12(7)10(13)14-11(2,3)4/h7-9H,5-6H2,1-4H3. The molecule has 1 amide bonds. The third kappa shape index (κ3) is 1.72. The van der Waals surface area contributed by atoms with E-state index in [-0.39, 0.29) is 11.7 Å². The molecule has 0 bridgehead atoms. The number of carbonyl (C=O) groups excluding carboxylic acids is 1. The fraction of sp³-hybridized carbons (Fsp3) is 0.909. The molecular weight excluding hydrogens is 178 g/mol. The van der Waals surface area contributed by atoms with E-state index in [1.54, 1.807) is 0 Å². The van der Waals surface area contributed by atoms with E-state index in [2.05, 4.69) is 6.92 Å². The maximum atomic E-state index is 11.8. The van der Waals surface area contributed by atoms with Crippen LogP contribution >= 0.6 is 0 Å². The summed E-state index contributed by atoms with van der Waals surface area (Å²) in [7, 11) is 0. The fourth-order valence-electron chi connectivity index (χ4n) is 2.33. The van der Waals surface area contributed by atoms with Crippen LogP contribution in [-0.2, 0) is 4.74 Å². The van der Waals surface area contributed by atoms with Crippen LogP contribution in [0.2, 0.25) is 0 Å². The smallest absolute Gasteiger partial charge is 0.410 e. The largest absolute Gasteiger partial charge is 0.444 e. The zero-order valence-electron chi connectivity index (χ0n) is 9.41. The number of fused-ring (bicyclic) bond motifs is 1. The van der Waals surface area contributed by atoms with Gasteiger partial charge in [0.2, 0.25) is 0 Å². The van der Waals surface area contributed by atoms with E-state index in [1.165, 1.54) is 6.42 Å². The van der Waals surface area contributed by atoms with Crippen LogP contribution in [0.25, 0.3) is 0 Å². The van der Waals surface area contributed by atoms with Crippen molar-refractivity contribution in [2.24, 2.45) is 5.92 Å². The Morgan fingerprint density at radius 1 is 1.36 bits per heavy atom. The van der Waals surface area contributed by atoms with Crippen molar-refractivity contribution >= 4 is 6.09 Å². The Labute approximate surface area is 85.4 Å². The fourth-order valence-corrected chi connectivity index (χ4v) is 2.33. The van der Waals surface area contributed by atoms with Crippen molar-refractivity contribution < 1.29 is 9.53 Å². The molecule has 0 aromatic rings. The van der Waals surface area contributed by atoms with Crippen molar-refractivity contribution in [1.82, 2.24) is 4.90 Å². The minimum absolute atomic E-state index is 0.130. The lowest BCUT2D eigenvalue weighted by molar-refractivity contribution is 0.0199. The summed E-state index contributed by atoms with van der Waals surface area (Å²) in [4.78, 5) is 13.7. The van der Waals surface area contributed by atoms with Crippen molar-refractivity contribution in [3.05, 3.63) is 0 Å². The summed E-state index contributed by atoms with van der Waals surface area (Å²) in [6, 6.07) is 0.855. The topological polar surface area (TPSA) is 29.5 Å². The van der Waals surface area contributed by atoms with Crippen molar-refractivity contribution in [1.29, 1.82) is 0 Å². The first-order chi connectivity index (χ1) is 6.38. The van der Waals surface area contributed by atoms with Gasteiger partial charge in [0.1, 0.15) is 5.60 Å². The average Bonchev–Trinajstić information content (AvgIpc) is 2.58. The third-order valence-electron chi connectivity index (χ3n) is 2.97. The van der Waals surface area contributed by atoms with Crippen LogP contribution in [0.5, 0.6) is 0 Å². The van der Waals surface area contributed by atoms with E-state index >= 15 is 0 Å². The number of nitrogens with zero attached hydrogens (tertiary/aromatic N) is 1. The van der Waals surface area contributed by atoms with Crippen molar-refractivity contribution in [3.63, 3.8) is 0 Å². The summed E-state index contributed by atoms with van der Waals surface area (Å²) in [5.74, 6) is 0.762. The molecule has 3 unspecified atom stereocenters. The number of amides is 1. The monoisotopic (exact) mass is 197 g/mol. The number of hydrogen-bond donors (Lipinski definition) is 0. The number of carbonyl (C=O) groups is 1. The highest BCUT2D eigenvalue weighted by Crippen LogP contribution is 2.48. The van der Waals surface area contributed by atoms with E-state index in [0.717, 1.165) is 12.3 Å². The molecule has 0 spiro atoms. The van der Waals surface area contributed by atoms with E-state index in [4.69, 9.17) is 4.74 Å². The predicted molar refractivity (Wildman–Crippen MR) is 54.0 cm³/mol. The van der Waals surface area contributed by atoms with Crippen molar-refractivity contribution in [3.8, 4) is 0 Å². The summed E-state index contributed by atoms with van der Waals surface area (Å²) < 4.78 is 5.38. The summed E-state index contributed by atoms with van der Waals surface area (Å²) in [5.41, 5.74) is -0.371. The van der Waals surface area contributed by atoms with Crippen LogP contribution in [-0.4, -0.2) is 28.7 Å². The van der Waals surface area contributed by atoms with Gasteiger partial charge in [-0.15, -0.1) is 0 Å². The van der Waals surface area contributed by atoms with Gasteiger partial charge in [-0.1, -0.05) is 0 Å². The Bertz CT molecular complexity index is 255. The number of ether oxygens (including phenoxy) is 1. The van der Waals surface area contributed by atoms with Gasteiger partial charge in [-0.3, -0.25) is 0 Å². The summed E-state index contributed by atoms with van der Waals surface area (Å²) in [6.45, 7) is 7.85. The second-order valence-electron chi connectivity index (χ2n) is 5.54. The zero-order valence-corrected chi connectivity index (χ0v) is 9.41. The first-order valence-electron chi connectivity index (χ1n) is 5.40. The van der Waals surface area contributed by atoms with Gasteiger partial charge in [0.25, 0.3) is 0 Å². The lowest BCUT2D eigenvalue weighted by Gasteiger charge is -2.28. The van der Waals surface area contributed by atoms with Crippen LogP contribution in [0, 0.1) is 5.92 Å². The highest BCUT2D eigenvalue weighted by molar-refractivity contribution is 5.70. The van der Waals surface area contributed by atoms with Crippen molar-refractivity contribution in [2.75, 3.05) is 0 Å². The predicted octanol–water partition coefficient (Wildman–Crippen LogP) is 2.40. The molecule has 3 heteroatoms. The molecule has 1 saturated carbocycles. The zero-order chi connectivity index (χ0) is 10.5. The minimum Gasteiger partial charge on any atom is -0.444 e. The maximum absolute atomic E-state index is 11.8. The number of likely N-dealkylation sites (tertiary alicyclic amines) is 1. The van der Waals surface area contributed by atoms with Gasteiger partial charge in [0.05, 0.1) is 0 Å². The first kappa shape index (κ1) is 9.81. The quantitative estimate of drug-likeness (QED) is 0.596. The Hall–Kier alpha value is -0.730. The lowest BCUT2D eigenvalue weighted by Crippen LogP contribution is -2.40. The normalized spacial score (nSPS) is 35.4. The molecule has 0 N–H and O–H groups in total. The molecule has 0 aromatic carbocycles. The van der Waals surface area contributed by atoms with Crippen LogP contribution in [0.15, 0.2) is 0 Å². The maximum Gasteiger partial charge on any atom is 0.410 e. The lowest BCUT2D eigenvalue weighted by atomic mass is 10.2. The second kappa shape index (κ2) is 2.88. The molecule has 1 saturated heterocycles. The molecule has 2 rings (SSSR count). The SMILES string of the molecule is CC1CC2CC2N1C(=O)OC(C)(C)C. The highest BCUT2D eigenvalue weighted by atomic mass is 16.6. The molecule has 14 heavy (non-hydrogen) atoms. The molecule has 1 aliphatic heterocycles. The Morgan fingerprint density at radius 3 is 2.43 bits per heavy atom. The molecule has 80 valence electrons. The van der Waals surface area contributed by atoms with Gasteiger partial charge in [0.15, 0.2) is 0 Å². The summed E-state index contributed by atoms with van der Waals surface area (Å²) >= 11 is 0. The number of rotatable bonds is 0. The number of hydrogen-bond acceptors (Lipinski definition) is 2. The van der Waals surface area contributed by atoms with E-state index in [0.29, 0.717) is 12.1 Å². The molecule has 0 radical (unpaired) electrons. The molecular formula is C11H19NO2. The van der Waals surface area contributed by atoms with E-state index < -0.39 is 0 Å². The van der Waals surface area contributed by atoms with Crippen LogP contribution in [0.1, 0.15) is 40.5 Å². The second-order valence-corrected chi connectivity index (χ2v) is 5.54. The molecule has 2 aliphatic rings. The summed E-state index contributed by atoms with van der Waals surface area (Å²) in [6.07, 6.45) is 2.21. The van der Waals surface area contributed by atoms with E-state index in [1.807, 2.05) is 25.7 Å². The van der Waals surface area contributed by atoms with Gasteiger partial charge in [-0.05, 0) is 46.5 Å². The molecule has 0 aromatic heterocycles. The Morgan fingerprint density at radius 2 is 2.00 bits per heavy atom. The van der Waals surface area contributed by atoms with E-state index in [9.17, 15) is 4.79 Å². The Balaban J connectivity index is 1.98. The van der Waals surface area contributed by atoms with Crippen LogP contribution in [0.4, 0.5) is 4.79 Å². The highest BCUT2D eigenvalue weighted by Gasteiger charge is 2.53. The van der Waals surface area contributed by atoms with Gasteiger partial charge in [0, 0.05) is 12.1 Å². The summed E-state index contributed by atoms with van der Waals surface area (Å²) in [5, 5.41) is 0. The molecule has 2 fully saturated rings. The molecule has 3 atom stereocenters. The first-order valence-corrected chi connectivity index (χ1v) is 5.40. The van der Waals surface area contributed by atoms with Gasteiger partial charge in [-0.2, -0.15) is 0 Å². The van der Waals surface area contributed by atoms with Crippen molar-refractivity contribution in [2.45, 2.75) is 58.2 Å². The minimum atomic E-state index is -0.371. The van der Waals surface area contributed by atoms with Gasteiger partial charge in [-0.25, -0.2) is 4.79 Å². The van der Waals surface area contributed by atoms with Crippen LogP contribution in [0.3, 0.4) is 0 Å². The average molecular weight is 197 g/mol. The van der Waals surface area contributed by atoms with Gasteiger partial charge >= 0.3 is 6.09 Å². The van der Waals surface area contributed by atoms with Gasteiger partial charge < -0.3 is 9.64 Å². The van der Waals surface area contributed by atoms with Crippen LogP contribution < -0.4 is 0 Å². The molecule has 1 heterocycles. The number of piperidine rings is 1. The molecule has 1 aliphatic carbocycles.